The van der Waals surface area contributed by atoms with Gasteiger partial charge in [0.25, 0.3) is 0 Å². The van der Waals surface area contributed by atoms with Crippen LogP contribution < -0.4 is 15.4 Å². The number of amides is 2. The highest BCUT2D eigenvalue weighted by molar-refractivity contribution is 5.86. The van der Waals surface area contributed by atoms with Gasteiger partial charge in [0.15, 0.2) is 0 Å². The normalized spacial score (nSPS) is 12.8. The van der Waals surface area contributed by atoms with Crippen molar-refractivity contribution in [2.24, 2.45) is 5.92 Å². The van der Waals surface area contributed by atoms with Gasteiger partial charge in [-0.1, -0.05) is 18.2 Å². The van der Waals surface area contributed by atoms with Crippen LogP contribution in [0.25, 0.3) is 0 Å². The van der Waals surface area contributed by atoms with Gasteiger partial charge in [0.05, 0.1) is 13.0 Å². The van der Waals surface area contributed by atoms with Gasteiger partial charge in [0.1, 0.15) is 11.8 Å². The summed E-state index contributed by atoms with van der Waals surface area (Å²) < 4.78 is 5.21. The van der Waals surface area contributed by atoms with Gasteiger partial charge in [-0.05, 0) is 25.0 Å². The number of carboxylic acids is 1. The molecule has 0 aliphatic heterocycles. The molecule has 126 valence electrons. The third kappa shape index (κ3) is 5.98. The minimum atomic E-state index is -1.01. The van der Waals surface area contributed by atoms with Crippen molar-refractivity contribution in [1.82, 2.24) is 10.6 Å². The van der Waals surface area contributed by atoms with E-state index in [2.05, 4.69) is 10.6 Å². The Hall–Kier alpha value is -2.57. The van der Waals surface area contributed by atoms with E-state index in [-0.39, 0.29) is 18.9 Å². The molecule has 0 bridgehead atoms. The van der Waals surface area contributed by atoms with E-state index in [4.69, 9.17) is 4.74 Å². The van der Waals surface area contributed by atoms with E-state index in [1.807, 2.05) is 0 Å². The fraction of sp³-hybridized carbons (Fsp3) is 0.438. The van der Waals surface area contributed by atoms with Crippen LogP contribution in [-0.4, -0.2) is 42.6 Å². The van der Waals surface area contributed by atoms with Gasteiger partial charge in [-0.15, -0.1) is 0 Å². The van der Waals surface area contributed by atoms with E-state index >= 15 is 0 Å². The van der Waals surface area contributed by atoms with Crippen molar-refractivity contribution < 1.29 is 24.2 Å². The number of hydrogen-bond donors (Lipinski definition) is 3. The molecule has 0 spiro atoms. The molecule has 0 heterocycles. The Balaban J connectivity index is 2.67. The minimum absolute atomic E-state index is 0.0316. The molecule has 3 N–H and O–H groups in total. The quantitative estimate of drug-likeness (QED) is 0.649. The maximum Gasteiger partial charge on any atom is 0.308 e. The van der Waals surface area contributed by atoms with Crippen molar-refractivity contribution in [3.8, 4) is 5.75 Å². The largest absolute Gasteiger partial charge is 0.496 e. The van der Waals surface area contributed by atoms with Gasteiger partial charge in [0.2, 0.25) is 11.8 Å². The minimum Gasteiger partial charge on any atom is -0.496 e. The van der Waals surface area contributed by atoms with Gasteiger partial charge < -0.3 is 20.5 Å². The first-order valence-corrected chi connectivity index (χ1v) is 7.24. The number of hydrogen-bond acceptors (Lipinski definition) is 4. The monoisotopic (exact) mass is 322 g/mol. The second-order valence-corrected chi connectivity index (χ2v) is 5.22. The second kappa shape index (κ2) is 8.77. The average molecular weight is 322 g/mol. The van der Waals surface area contributed by atoms with E-state index in [9.17, 15) is 19.5 Å². The van der Waals surface area contributed by atoms with Crippen LogP contribution >= 0.6 is 0 Å². The lowest BCUT2D eigenvalue weighted by Gasteiger charge is -2.17. The molecular formula is C16H22N2O5. The zero-order chi connectivity index (χ0) is 17.4. The molecule has 1 aromatic carbocycles. The number of benzene rings is 1. The molecule has 7 nitrogen and oxygen atoms in total. The Morgan fingerprint density at radius 1 is 1.26 bits per heavy atom. The van der Waals surface area contributed by atoms with Crippen LogP contribution in [0.15, 0.2) is 24.3 Å². The molecule has 0 radical (unpaired) electrons. The smallest absolute Gasteiger partial charge is 0.308 e. The van der Waals surface area contributed by atoms with Crippen molar-refractivity contribution in [3.63, 3.8) is 0 Å². The van der Waals surface area contributed by atoms with Crippen molar-refractivity contribution in [3.05, 3.63) is 29.8 Å². The van der Waals surface area contributed by atoms with Gasteiger partial charge in [-0.25, -0.2) is 0 Å². The lowest BCUT2D eigenvalue weighted by molar-refractivity contribution is -0.141. The number of carbonyl (C=O) groups excluding carboxylic acids is 2. The molecule has 0 saturated heterocycles. The molecule has 2 atom stereocenters. The van der Waals surface area contributed by atoms with Crippen LogP contribution in [0.3, 0.4) is 0 Å². The molecular weight excluding hydrogens is 300 g/mol. The summed E-state index contributed by atoms with van der Waals surface area (Å²) in [5.74, 6) is -1.94. The van der Waals surface area contributed by atoms with E-state index in [0.717, 1.165) is 5.56 Å². The molecule has 7 heteroatoms. The number of nitrogens with one attached hydrogen (secondary N) is 2. The zero-order valence-corrected chi connectivity index (χ0v) is 13.5. The van der Waals surface area contributed by atoms with Crippen LogP contribution in [-0.2, 0) is 20.8 Å². The third-order valence-electron chi connectivity index (χ3n) is 3.34. The number of rotatable bonds is 8. The second-order valence-electron chi connectivity index (χ2n) is 5.22. The summed E-state index contributed by atoms with van der Waals surface area (Å²) in [5, 5.41) is 14.3. The van der Waals surface area contributed by atoms with Crippen LogP contribution in [0.5, 0.6) is 5.75 Å². The Labute approximate surface area is 135 Å². The van der Waals surface area contributed by atoms with Gasteiger partial charge >= 0.3 is 5.97 Å². The summed E-state index contributed by atoms with van der Waals surface area (Å²) in [7, 11) is 1.52. The molecule has 1 rings (SSSR count). The molecule has 23 heavy (non-hydrogen) atoms. The summed E-state index contributed by atoms with van der Waals surface area (Å²) in [5.41, 5.74) is 0.756. The standard InChI is InChI=1S/C16H22N2O5/c1-10(18-11(2)19)15(20)17-9-13(16(21)22)8-12-6-4-5-7-14(12)23-3/h4-7,10,13H,8-9H2,1-3H3,(H,17,20)(H,18,19)(H,21,22). The van der Waals surface area contributed by atoms with Crippen molar-refractivity contribution >= 4 is 17.8 Å². The predicted molar refractivity (Wildman–Crippen MR) is 84.1 cm³/mol. The van der Waals surface area contributed by atoms with Gasteiger partial charge in [0, 0.05) is 13.5 Å². The van der Waals surface area contributed by atoms with E-state index in [1.165, 1.54) is 21.0 Å². The number of ether oxygens (including phenoxy) is 1. The van der Waals surface area contributed by atoms with Gasteiger partial charge in [-0.2, -0.15) is 0 Å². The number of para-hydroxylation sites is 1. The SMILES string of the molecule is COc1ccccc1CC(CNC(=O)C(C)NC(C)=O)C(=O)O. The molecule has 0 fully saturated rings. The van der Waals surface area contributed by atoms with E-state index < -0.39 is 23.8 Å². The third-order valence-corrected chi connectivity index (χ3v) is 3.34. The van der Waals surface area contributed by atoms with Crippen LogP contribution in [0.4, 0.5) is 0 Å². The highest BCUT2D eigenvalue weighted by Crippen LogP contribution is 2.20. The molecule has 2 unspecified atom stereocenters. The Morgan fingerprint density at radius 3 is 2.48 bits per heavy atom. The van der Waals surface area contributed by atoms with E-state index in [0.29, 0.717) is 5.75 Å². The number of aliphatic carboxylic acids is 1. The number of carboxylic acid groups (broad SMARTS) is 1. The van der Waals surface area contributed by atoms with Crippen LogP contribution in [0.1, 0.15) is 19.4 Å². The summed E-state index contributed by atoms with van der Waals surface area (Å²) in [6.45, 7) is 2.81. The molecule has 0 aliphatic carbocycles. The summed E-state index contributed by atoms with van der Waals surface area (Å²) >= 11 is 0. The van der Waals surface area contributed by atoms with E-state index in [1.54, 1.807) is 24.3 Å². The fourth-order valence-corrected chi connectivity index (χ4v) is 2.13. The maximum atomic E-state index is 11.8. The summed E-state index contributed by atoms with van der Waals surface area (Å²) in [4.78, 5) is 34.2. The highest BCUT2D eigenvalue weighted by atomic mass is 16.5. The first-order chi connectivity index (χ1) is 10.8. The Kier molecular flexibility index (Phi) is 7.05. The lowest BCUT2D eigenvalue weighted by atomic mass is 9.98. The first-order valence-electron chi connectivity index (χ1n) is 7.24. The number of methoxy groups -OCH3 is 1. The fourth-order valence-electron chi connectivity index (χ4n) is 2.13. The predicted octanol–water partition coefficient (Wildman–Crippen LogP) is 0.579. The molecule has 0 saturated carbocycles. The zero-order valence-electron chi connectivity index (χ0n) is 13.5. The molecule has 0 aromatic heterocycles. The van der Waals surface area contributed by atoms with Crippen molar-refractivity contribution in [2.75, 3.05) is 13.7 Å². The summed E-state index contributed by atoms with van der Waals surface area (Å²) in [6.07, 6.45) is 0.230. The number of carbonyl (C=O) groups is 3. The highest BCUT2D eigenvalue weighted by Gasteiger charge is 2.22. The van der Waals surface area contributed by atoms with Crippen LogP contribution in [0, 0.1) is 5.92 Å². The first kappa shape index (κ1) is 18.5. The van der Waals surface area contributed by atoms with Gasteiger partial charge in [-0.3, -0.25) is 14.4 Å². The van der Waals surface area contributed by atoms with Crippen LogP contribution in [0.2, 0.25) is 0 Å². The summed E-state index contributed by atoms with van der Waals surface area (Å²) in [6, 6.07) is 6.43. The molecule has 2 amide bonds. The molecule has 1 aromatic rings. The maximum absolute atomic E-state index is 11.8. The average Bonchev–Trinajstić information content (AvgIpc) is 2.50. The molecule has 0 aliphatic rings. The Bertz CT molecular complexity index is 573. The van der Waals surface area contributed by atoms with Crippen molar-refractivity contribution in [1.29, 1.82) is 0 Å². The topological polar surface area (TPSA) is 105 Å². The lowest BCUT2D eigenvalue weighted by Crippen LogP contribution is -2.46. The van der Waals surface area contributed by atoms with Crippen molar-refractivity contribution in [2.45, 2.75) is 26.3 Å². The Morgan fingerprint density at radius 2 is 1.91 bits per heavy atom.